The first-order chi connectivity index (χ1) is 15.2. The fourth-order valence-electron chi connectivity index (χ4n) is 4.17. The first kappa shape index (κ1) is 21.3. The summed E-state index contributed by atoms with van der Waals surface area (Å²) in [5.41, 5.74) is 1.12. The van der Waals surface area contributed by atoms with Crippen molar-refractivity contribution in [3.05, 3.63) is 39.9 Å². The van der Waals surface area contributed by atoms with Crippen molar-refractivity contribution in [3.8, 4) is 11.5 Å². The highest BCUT2D eigenvalue weighted by Gasteiger charge is 2.31. The number of H-pyrrole nitrogens is 1. The Labute approximate surface area is 180 Å². The first-order valence-corrected chi connectivity index (χ1v) is 10.4. The lowest BCUT2D eigenvalue weighted by molar-refractivity contribution is 0.163. The topological polar surface area (TPSA) is 107 Å². The maximum atomic E-state index is 13.2. The molecular weight excluding hydrogens is 400 g/mol. The molecule has 1 aromatic carbocycles. The van der Waals surface area contributed by atoms with Crippen molar-refractivity contribution in [2.75, 3.05) is 41.0 Å². The summed E-state index contributed by atoms with van der Waals surface area (Å²) in [5.74, 6) is 1.81. The number of rotatable bonds is 8. The molecule has 2 aromatic heterocycles. The van der Waals surface area contributed by atoms with E-state index in [0.717, 1.165) is 31.3 Å². The normalized spacial score (nSPS) is 15.8. The van der Waals surface area contributed by atoms with Crippen molar-refractivity contribution < 1.29 is 14.2 Å². The van der Waals surface area contributed by atoms with Crippen molar-refractivity contribution in [1.29, 1.82) is 0 Å². The number of piperidine rings is 1. The minimum atomic E-state index is -0.353. The van der Waals surface area contributed by atoms with E-state index in [1.54, 1.807) is 32.1 Å². The predicted octanol–water partition coefficient (Wildman–Crippen LogP) is 1.75. The van der Waals surface area contributed by atoms with E-state index in [1.807, 2.05) is 12.1 Å². The van der Waals surface area contributed by atoms with E-state index in [2.05, 4.69) is 25.4 Å². The van der Waals surface area contributed by atoms with Crippen LogP contribution in [0.3, 0.4) is 0 Å². The molecule has 0 radical (unpaired) electrons. The number of aromatic nitrogens is 5. The van der Waals surface area contributed by atoms with Crippen LogP contribution < -0.4 is 15.0 Å². The van der Waals surface area contributed by atoms with E-state index in [0.29, 0.717) is 41.6 Å². The van der Waals surface area contributed by atoms with E-state index in [4.69, 9.17) is 14.2 Å². The van der Waals surface area contributed by atoms with Gasteiger partial charge in [-0.15, -0.1) is 5.10 Å². The van der Waals surface area contributed by atoms with E-state index in [9.17, 15) is 4.79 Å². The monoisotopic (exact) mass is 428 g/mol. The Morgan fingerprint density at radius 3 is 2.52 bits per heavy atom. The Morgan fingerprint density at radius 2 is 1.81 bits per heavy atom. The molecule has 1 fully saturated rings. The van der Waals surface area contributed by atoms with Gasteiger partial charge in [0.05, 0.1) is 32.9 Å². The van der Waals surface area contributed by atoms with Crippen molar-refractivity contribution in [1.82, 2.24) is 30.1 Å². The van der Waals surface area contributed by atoms with Crippen molar-refractivity contribution in [3.63, 3.8) is 0 Å². The van der Waals surface area contributed by atoms with E-state index in [-0.39, 0.29) is 11.6 Å². The SMILES string of the molecule is COCCn1nnnc1[C@@H](c1cc2cc(OC)c(OC)cc2[nH]c1=O)N1CCCCC1. The highest BCUT2D eigenvalue weighted by molar-refractivity contribution is 5.83. The zero-order valence-corrected chi connectivity index (χ0v) is 18.1. The molecule has 0 aliphatic carbocycles. The van der Waals surface area contributed by atoms with Crippen LogP contribution in [0.15, 0.2) is 23.0 Å². The largest absolute Gasteiger partial charge is 0.493 e. The summed E-state index contributed by atoms with van der Waals surface area (Å²) >= 11 is 0. The molecule has 0 unspecified atom stereocenters. The number of likely N-dealkylation sites (tertiary alicyclic amines) is 1. The van der Waals surface area contributed by atoms with Crippen molar-refractivity contribution in [2.45, 2.75) is 31.8 Å². The van der Waals surface area contributed by atoms with Crippen LogP contribution >= 0.6 is 0 Å². The molecule has 31 heavy (non-hydrogen) atoms. The van der Waals surface area contributed by atoms with Gasteiger partial charge in [0.1, 0.15) is 6.04 Å². The minimum Gasteiger partial charge on any atom is -0.493 e. The van der Waals surface area contributed by atoms with Gasteiger partial charge in [0.2, 0.25) is 0 Å². The molecule has 3 aromatic rings. The Morgan fingerprint density at radius 1 is 1.06 bits per heavy atom. The summed E-state index contributed by atoms with van der Waals surface area (Å²) < 4.78 is 17.8. The molecule has 1 saturated heterocycles. The molecule has 4 rings (SSSR count). The van der Waals surface area contributed by atoms with E-state index in [1.165, 1.54) is 6.42 Å². The van der Waals surface area contributed by atoms with Crippen LogP contribution in [0.25, 0.3) is 10.9 Å². The predicted molar refractivity (Wildman–Crippen MR) is 115 cm³/mol. The summed E-state index contributed by atoms with van der Waals surface area (Å²) in [5, 5.41) is 13.2. The number of tetrazole rings is 1. The Hall–Kier alpha value is -2.98. The number of hydrogen-bond donors (Lipinski definition) is 1. The van der Waals surface area contributed by atoms with Gasteiger partial charge >= 0.3 is 0 Å². The van der Waals surface area contributed by atoms with Gasteiger partial charge in [0.25, 0.3) is 5.56 Å². The third-order valence-corrected chi connectivity index (χ3v) is 5.74. The maximum Gasteiger partial charge on any atom is 0.253 e. The van der Waals surface area contributed by atoms with Gasteiger partial charge in [-0.1, -0.05) is 6.42 Å². The average Bonchev–Trinajstić information content (AvgIpc) is 3.26. The van der Waals surface area contributed by atoms with Crippen LogP contribution in [0.1, 0.15) is 36.7 Å². The Kier molecular flexibility index (Phi) is 6.47. The third-order valence-electron chi connectivity index (χ3n) is 5.74. The summed E-state index contributed by atoms with van der Waals surface area (Å²) in [6.45, 7) is 2.76. The molecule has 0 amide bonds. The smallest absolute Gasteiger partial charge is 0.253 e. The quantitative estimate of drug-likeness (QED) is 0.578. The van der Waals surface area contributed by atoms with Crippen LogP contribution in [0, 0.1) is 0 Å². The number of pyridine rings is 1. The van der Waals surface area contributed by atoms with E-state index < -0.39 is 0 Å². The second-order valence-electron chi connectivity index (χ2n) is 7.60. The van der Waals surface area contributed by atoms with Crippen LogP contribution in [-0.4, -0.2) is 71.1 Å². The fraction of sp³-hybridized carbons (Fsp3) is 0.524. The second-order valence-corrected chi connectivity index (χ2v) is 7.60. The Bertz CT molecular complexity index is 1090. The van der Waals surface area contributed by atoms with Crippen molar-refractivity contribution >= 4 is 10.9 Å². The number of nitrogens with one attached hydrogen (secondary N) is 1. The lowest BCUT2D eigenvalue weighted by Gasteiger charge is -2.33. The average molecular weight is 428 g/mol. The number of hydrogen-bond acceptors (Lipinski definition) is 8. The molecule has 0 bridgehead atoms. The minimum absolute atomic E-state index is 0.170. The molecule has 1 aliphatic rings. The summed E-state index contributed by atoms with van der Waals surface area (Å²) in [4.78, 5) is 18.5. The van der Waals surface area contributed by atoms with Crippen LogP contribution in [0.4, 0.5) is 0 Å². The molecule has 0 spiro atoms. The molecule has 3 heterocycles. The fourth-order valence-corrected chi connectivity index (χ4v) is 4.17. The number of benzene rings is 1. The highest BCUT2D eigenvalue weighted by Crippen LogP contribution is 2.33. The lowest BCUT2D eigenvalue weighted by Crippen LogP contribution is -2.38. The lowest BCUT2D eigenvalue weighted by atomic mass is 10.0. The van der Waals surface area contributed by atoms with Gasteiger partial charge in [-0.3, -0.25) is 9.69 Å². The zero-order valence-electron chi connectivity index (χ0n) is 18.1. The number of methoxy groups -OCH3 is 3. The van der Waals surface area contributed by atoms with Crippen LogP contribution in [-0.2, 0) is 11.3 Å². The van der Waals surface area contributed by atoms with Gasteiger partial charge in [0.15, 0.2) is 17.3 Å². The molecule has 0 saturated carbocycles. The highest BCUT2D eigenvalue weighted by atomic mass is 16.5. The number of fused-ring (bicyclic) bond motifs is 1. The molecule has 1 aliphatic heterocycles. The van der Waals surface area contributed by atoms with Crippen molar-refractivity contribution in [2.24, 2.45) is 0 Å². The van der Waals surface area contributed by atoms with Gasteiger partial charge < -0.3 is 19.2 Å². The summed E-state index contributed by atoms with van der Waals surface area (Å²) in [6, 6.07) is 5.20. The van der Waals surface area contributed by atoms with Gasteiger partial charge in [-0.2, -0.15) is 0 Å². The second kappa shape index (κ2) is 9.44. The molecule has 10 nitrogen and oxygen atoms in total. The summed E-state index contributed by atoms with van der Waals surface area (Å²) in [7, 11) is 4.81. The van der Waals surface area contributed by atoms with Gasteiger partial charge in [-0.05, 0) is 48.5 Å². The first-order valence-electron chi connectivity index (χ1n) is 10.4. The zero-order chi connectivity index (χ0) is 21.8. The Balaban J connectivity index is 1.85. The molecule has 1 N–H and O–H groups in total. The molecule has 10 heteroatoms. The maximum absolute atomic E-state index is 13.2. The number of nitrogens with zero attached hydrogens (tertiary/aromatic N) is 5. The van der Waals surface area contributed by atoms with Gasteiger partial charge in [0, 0.05) is 24.1 Å². The number of aromatic amines is 1. The van der Waals surface area contributed by atoms with Crippen LogP contribution in [0.2, 0.25) is 0 Å². The number of ether oxygens (including phenoxy) is 3. The van der Waals surface area contributed by atoms with E-state index >= 15 is 0 Å². The molecule has 166 valence electrons. The summed E-state index contributed by atoms with van der Waals surface area (Å²) in [6.07, 6.45) is 3.34. The molecular formula is C21H28N6O4. The van der Waals surface area contributed by atoms with Crippen LogP contribution in [0.5, 0.6) is 11.5 Å². The molecule has 1 atom stereocenters. The van der Waals surface area contributed by atoms with Gasteiger partial charge in [-0.25, -0.2) is 4.68 Å². The third kappa shape index (κ3) is 4.26. The standard InChI is InChI=1S/C21H28N6O4/c1-29-10-9-27-20(23-24-25-27)19(26-7-5-4-6-8-26)15-11-14-12-17(30-2)18(31-3)13-16(14)22-21(15)28/h11-13,19H,4-10H2,1-3H3,(H,22,28)/t19-/m1/s1.